The summed E-state index contributed by atoms with van der Waals surface area (Å²) in [4.78, 5) is 13.3. The number of hydrogen-bond acceptors (Lipinski definition) is 3. The Morgan fingerprint density at radius 3 is 2.50 bits per heavy atom. The van der Waals surface area contributed by atoms with E-state index in [4.69, 9.17) is 5.11 Å². The van der Waals surface area contributed by atoms with Crippen LogP contribution in [0, 0.1) is 6.92 Å². The molecule has 1 aliphatic rings. The van der Waals surface area contributed by atoms with Crippen LogP contribution in [0.25, 0.3) is 0 Å². The van der Waals surface area contributed by atoms with Crippen LogP contribution in [0.15, 0.2) is 18.2 Å². The summed E-state index contributed by atoms with van der Waals surface area (Å²) < 4.78 is 0. The number of carbonyl (C=O) groups is 1. The van der Waals surface area contributed by atoms with Gasteiger partial charge in [0.15, 0.2) is 0 Å². The van der Waals surface area contributed by atoms with Gasteiger partial charge in [-0.15, -0.1) is 0 Å². The molecule has 0 radical (unpaired) electrons. The van der Waals surface area contributed by atoms with Gasteiger partial charge >= 0.3 is 5.97 Å². The maximum absolute atomic E-state index is 10.9. The second-order valence-electron chi connectivity index (χ2n) is 6.01. The number of rotatable bonds is 5. The molecule has 110 valence electrons. The Morgan fingerprint density at radius 1 is 1.35 bits per heavy atom. The average Bonchev–Trinajstić information content (AvgIpc) is 2.87. The predicted molar refractivity (Wildman–Crippen MR) is 81.5 cm³/mol. The smallest absolute Gasteiger partial charge is 0.335 e. The summed E-state index contributed by atoms with van der Waals surface area (Å²) in [6, 6.07) is 5.26. The number of carboxylic acid groups (broad SMARTS) is 1. The van der Waals surface area contributed by atoms with Gasteiger partial charge < -0.3 is 15.3 Å². The van der Waals surface area contributed by atoms with Gasteiger partial charge in [-0.3, -0.25) is 0 Å². The Kier molecular flexibility index (Phi) is 4.33. The van der Waals surface area contributed by atoms with Crippen molar-refractivity contribution in [1.82, 2.24) is 4.90 Å². The fourth-order valence-corrected chi connectivity index (χ4v) is 3.07. The number of carboxylic acids is 1. The van der Waals surface area contributed by atoms with E-state index in [9.17, 15) is 4.79 Å². The molecule has 0 amide bonds. The van der Waals surface area contributed by atoms with Crippen molar-refractivity contribution in [3.8, 4) is 0 Å². The average molecular weight is 276 g/mol. The molecule has 0 bridgehead atoms. The molecule has 1 aromatic carbocycles. The van der Waals surface area contributed by atoms with E-state index in [2.05, 4.69) is 24.3 Å². The molecule has 4 nitrogen and oxygen atoms in total. The number of nitrogens with one attached hydrogen (secondary N) is 1. The number of aromatic carboxylic acids is 1. The molecule has 0 spiro atoms. The van der Waals surface area contributed by atoms with Crippen LogP contribution in [0.2, 0.25) is 0 Å². The van der Waals surface area contributed by atoms with Gasteiger partial charge in [0.05, 0.1) is 5.56 Å². The lowest BCUT2D eigenvalue weighted by atomic mass is 9.95. The molecule has 0 aliphatic heterocycles. The topological polar surface area (TPSA) is 52.6 Å². The van der Waals surface area contributed by atoms with Crippen LogP contribution >= 0.6 is 0 Å². The molecule has 0 unspecified atom stereocenters. The summed E-state index contributed by atoms with van der Waals surface area (Å²) in [5, 5.41) is 12.5. The first-order valence-corrected chi connectivity index (χ1v) is 7.20. The van der Waals surface area contributed by atoms with Gasteiger partial charge in [-0.1, -0.05) is 12.8 Å². The minimum atomic E-state index is -0.875. The molecule has 0 atom stereocenters. The lowest BCUT2D eigenvalue weighted by Crippen LogP contribution is -2.47. The van der Waals surface area contributed by atoms with Gasteiger partial charge in [-0.05, 0) is 57.6 Å². The van der Waals surface area contributed by atoms with Crippen molar-refractivity contribution in [1.29, 1.82) is 0 Å². The molecule has 2 N–H and O–H groups in total. The van der Waals surface area contributed by atoms with E-state index in [1.807, 2.05) is 13.0 Å². The molecular weight excluding hydrogens is 252 g/mol. The Balaban J connectivity index is 2.09. The van der Waals surface area contributed by atoms with Gasteiger partial charge in [0.2, 0.25) is 0 Å². The van der Waals surface area contributed by atoms with E-state index in [1.54, 1.807) is 12.1 Å². The van der Waals surface area contributed by atoms with Gasteiger partial charge in [-0.25, -0.2) is 4.79 Å². The zero-order valence-corrected chi connectivity index (χ0v) is 12.6. The lowest BCUT2D eigenvalue weighted by molar-refractivity contribution is 0.0697. The first-order chi connectivity index (χ1) is 9.44. The third kappa shape index (κ3) is 2.96. The number of aryl methyl sites for hydroxylation is 1. The van der Waals surface area contributed by atoms with Crippen molar-refractivity contribution in [3.05, 3.63) is 29.3 Å². The Morgan fingerprint density at radius 2 is 2.00 bits per heavy atom. The van der Waals surface area contributed by atoms with Crippen LogP contribution in [-0.2, 0) is 0 Å². The van der Waals surface area contributed by atoms with Gasteiger partial charge in [0, 0.05) is 17.8 Å². The molecule has 1 fully saturated rings. The lowest BCUT2D eigenvalue weighted by Gasteiger charge is -2.37. The van der Waals surface area contributed by atoms with Crippen molar-refractivity contribution in [2.45, 2.75) is 38.1 Å². The van der Waals surface area contributed by atoms with Crippen molar-refractivity contribution >= 4 is 11.7 Å². The van der Waals surface area contributed by atoms with E-state index >= 15 is 0 Å². The molecular formula is C16H24N2O2. The maximum Gasteiger partial charge on any atom is 0.335 e. The summed E-state index contributed by atoms with van der Waals surface area (Å²) in [7, 11) is 4.29. The normalized spacial score (nSPS) is 17.4. The Labute approximate surface area is 120 Å². The molecule has 1 saturated carbocycles. The summed E-state index contributed by atoms with van der Waals surface area (Å²) >= 11 is 0. The minimum absolute atomic E-state index is 0.234. The van der Waals surface area contributed by atoms with Crippen molar-refractivity contribution in [3.63, 3.8) is 0 Å². The van der Waals surface area contributed by atoms with E-state index < -0.39 is 5.97 Å². The third-order valence-electron chi connectivity index (χ3n) is 4.56. The fourth-order valence-electron chi connectivity index (χ4n) is 3.07. The van der Waals surface area contributed by atoms with Crippen molar-refractivity contribution < 1.29 is 9.90 Å². The summed E-state index contributed by atoms with van der Waals surface area (Å²) in [6.07, 6.45) is 5.02. The second kappa shape index (κ2) is 5.83. The van der Waals surface area contributed by atoms with Crippen molar-refractivity contribution in [2.75, 3.05) is 26.0 Å². The van der Waals surface area contributed by atoms with Gasteiger partial charge in [-0.2, -0.15) is 0 Å². The van der Waals surface area contributed by atoms with Crippen LogP contribution in [0.1, 0.15) is 41.6 Å². The largest absolute Gasteiger partial charge is 0.478 e. The highest BCUT2D eigenvalue weighted by Crippen LogP contribution is 2.34. The van der Waals surface area contributed by atoms with Crippen LogP contribution in [-0.4, -0.2) is 42.2 Å². The fraction of sp³-hybridized carbons (Fsp3) is 0.562. The minimum Gasteiger partial charge on any atom is -0.478 e. The quantitative estimate of drug-likeness (QED) is 0.868. The standard InChI is InChI=1S/C16H24N2O2/c1-12-10-13(15(19)20)6-7-14(12)17-11-16(18(2)3)8-4-5-9-16/h6-7,10,17H,4-5,8-9,11H2,1-3H3,(H,19,20). The third-order valence-corrected chi connectivity index (χ3v) is 4.56. The molecule has 0 heterocycles. The number of nitrogens with zero attached hydrogens (tertiary/aromatic N) is 1. The van der Waals surface area contributed by atoms with Crippen LogP contribution in [0.5, 0.6) is 0 Å². The molecule has 2 rings (SSSR count). The number of hydrogen-bond donors (Lipinski definition) is 2. The highest BCUT2D eigenvalue weighted by molar-refractivity contribution is 5.88. The first kappa shape index (κ1) is 14.9. The molecule has 20 heavy (non-hydrogen) atoms. The Hall–Kier alpha value is -1.55. The maximum atomic E-state index is 10.9. The van der Waals surface area contributed by atoms with Crippen molar-refractivity contribution in [2.24, 2.45) is 0 Å². The predicted octanol–water partition coefficient (Wildman–Crippen LogP) is 2.98. The summed E-state index contributed by atoms with van der Waals surface area (Å²) in [6.45, 7) is 2.86. The van der Waals surface area contributed by atoms with E-state index in [0.29, 0.717) is 5.56 Å². The van der Waals surface area contributed by atoms with Crippen LogP contribution in [0.4, 0.5) is 5.69 Å². The zero-order valence-electron chi connectivity index (χ0n) is 12.6. The zero-order chi connectivity index (χ0) is 14.8. The first-order valence-electron chi connectivity index (χ1n) is 7.20. The molecule has 1 aromatic rings. The summed E-state index contributed by atoms with van der Waals surface area (Å²) in [5.41, 5.74) is 2.59. The Bertz CT molecular complexity index is 491. The molecule has 0 aromatic heterocycles. The molecule has 4 heteroatoms. The highest BCUT2D eigenvalue weighted by atomic mass is 16.4. The second-order valence-corrected chi connectivity index (χ2v) is 6.01. The number of anilines is 1. The number of likely N-dealkylation sites (N-methyl/N-ethyl adjacent to an activating group) is 1. The van der Waals surface area contributed by atoms with E-state index in [0.717, 1.165) is 17.8 Å². The highest BCUT2D eigenvalue weighted by Gasteiger charge is 2.35. The SMILES string of the molecule is Cc1cc(C(=O)O)ccc1NCC1(N(C)C)CCCC1. The van der Waals surface area contributed by atoms with Crippen LogP contribution < -0.4 is 5.32 Å². The summed E-state index contributed by atoms with van der Waals surface area (Å²) in [5.74, 6) is -0.875. The van der Waals surface area contributed by atoms with Crippen LogP contribution in [0.3, 0.4) is 0 Å². The van der Waals surface area contributed by atoms with Gasteiger partial charge in [0.1, 0.15) is 0 Å². The van der Waals surface area contributed by atoms with E-state index in [-0.39, 0.29) is 5.54 Å². The molecule has 0 saturated heterocycles. The molecule has 1 aliphatic carbocycles. The number of benzene rings is 1. The van der Waals surface area contributed by atoms with E-state index in [1.165, 1.54) is 25.7 Å². The van der Waals surface area contributed by atoms with Gasteiger partial charge in [0.25, 0.3) is 0 Å². The monoisotopic (exact) mass is 276 g/mol.